The highest BCUT2D eigenvalue weighted by molar-refractivity contribution is 9.10. The molecule has 4 heteroatoms. The Morgan fingerprint density at radius 3 is 2.81 bits per heavy atom. The SMILES string of the molecule is Fc1cccc(COc2cccc(CNC3CC3)c2)c1Br. The molecular formula is C17H17BrFNO. The van der Waals surface area contributed by atoms with Crippen LogP contribution in [0.25, 0.3) is 0 Å². The first-order chi connectivity index (χ1) is 10.2. The third-order valence-electron chi connectivity index (χ3n) is 3.50. The minimum atomic E-state index is -0.265. The van der Waals surface area contributed by atoms with Crippen molar-refractivity contribution >= 4 is 15.9 Å². The smallest absolute Gasteiger partial charge is 0.137 e. The Kier molecular flexibility index (Phi) is 4.56. The molecule has 2 aromatic rings. The van der Waals surface area contributed by atoms with Crippen LogP contribution in [0.4, 0.5) is 4.39 Å². The van der Waals surface area contributed by atoms with E-state index in [1.54, 1.807) is 6.07 Å². The lowest BCUT2D eigenvalue weighted by Crippen LogP contribution is -2.15. The molecule has 0 unspecified atom stereocenters. The molecule has 0 radical (unpaired) electrons. The van der Waals surface area contributed by atoms with E-state index in [1.165, 1.54) is 24.5 Å². The van der Waals surface area contributed by atoms with E-state index in [0.717, 1.165) is 17.9 Å². The average molecular weight is 350 g/mol. The summed E-state index contributed by atoms with van der Waals surface area (Å²) in [5.41, 5.74) is 2.01. The van der Waals surface area contributed by atoms with Crippen LogP contribution in [0.1, 0.15) is 24.0 Å². The van der Waals surface area contributed by atoms with Crippen LogP contribution in [0.3, 0.4) is 0 Å². The minimum absolute atomic E-state index is 0.265. The van der Waals surface area contributed by atoms with E-state index in [0.29, 0.717) is 17.1 Å². The largest absolute Gasteiger partial charge is 0.489 e. The highest BCUT2D eigenvalue weighted by atomic mass is 79.9. The van der Waals surface area contributed by atoms with E-state index in [4.69, 9.17) is 4.74 Å². The molecule has 3 rings (SSSR count). The highest BCUT2D eigenvalue weighted by Crippen LogP contribution is 2.23. The number of hydrogen-bond donors (Lipinski definition) is 1. The van der Waals surface area contributed by atoms with Crippen molar-refractivity contribution in [3.05, 3.63) is 63.9 Å². The molecule has 0 spiro atoms. The van der Waals surface area contributed by atoms with Gasteiger partial charge in [0, 0.05) is 18.2 Å². The van der Waals surface area contributed by atoms with Crippen LogP contribution >= 0.6 is 15.9 Å². The van der Waals surface area contributed by atoms with Crippen molar-refractivity contribution in [1.82, 2.24) is 5.32 Å². The van der Waals surface area contributed by atoms with Crippen molar-refractivity contribution < 1.29 is 9.13 Å². The summed E-state index contributed by atoms with van der Waals surface area (Å²) in [4.78, 5) is 0. The van der Waals surface area contributed by atoms with Crippen molar-refractivity contribution in [1.29, 1.82) is 0 Å². The molecule has 0 atom stereocenters. The summed E-state index contributed by atoms with van der Waals surface area (Å²) in [5.74, 6) is 0.541. The van der Waals surface area contributed by atoms with Crippen LogP contribution in [0, 0.1) is 5.82 Å². The molecule has 0 heterocycles. The molecule has 0 aliphatic heterocycles. The van der Waals surface area contributed by atoms with Gasteiger partial charge in [0.2, 0.25) is 0 Å². The zero-order valence-electron chi connectivity index (χ0n) is 11.6. The second kappa shape index (κ2) is 6.58. The van der Waals surface area contributed by atoms with Crippen LogP contribution in [-0.4, -0.2) is 6.04 Å². The van der Waals surface area contributed by atoms with Gasteiger partial charge < -0.3 is 10.1 Å². The molecule has 2 aromatic carbocycles. The Hall–Kier alpha value is -1.39. The van der Waals surface area contributed by atoms with Crippen LogP contribution in [0.5, 0.6) is 5.75 Å². The first-order valence-corrected chi connectivity index (χ1v) is 7.89. The lowest BCUT2D eigenvalue weighted by molar-refractivity contribution is 0.304. The summed E-state index contributed by atoms with van der Waals surface area (Å²) in [6, 6.07) is 13.7. The van der Waals surface area contributed by atoms with Crippen LogP contribution < -0.4 is 10.1 Å². The molecule has 1 fully saturated rings. The Bertz CT molecular complexity index is 628. The predicted octanol–water partition coefficient (Wildman–Crippen LogP) is 4.42. The Balaban J connectivity index is 1.61. The lowest BCUT2D eigenvalue weighted by Gasteiger charge is -2.10. The molecular weight excluding hydrogens is 333 g/mol. The van der Waals surface area contributed by atoms with E-state index >= 15 is 0 Å². The van der Waals surface area contributed by atoms with Crippen molar-refractivity contribution in [2.45, 2.75) is 32.0 Å². The second-order valence-corrected chi connectivity index (χ2v) is 6.10. The van der Waals surface area contributed by atoms with E-state index in [2.05, 4.69) is 27.3 Å². The van der Waals surface area contributed by atoms with E-state index in [-0.39, 0.29) is 5.82 Å². The zero-order valence-corrected chi connectivity index (χ0v) is 13.2. The molecule has 0 saturated heterocycles. The van der Waals surface area contributed by atoms with Gasteiger partial charge in [-0.25, -0.2) is 4.39 Å². The van der Waals surface area contributed by atoms with Crippen LogP contribution in [-0.2, 0) is 13.2 Å². The Labute approximate surface area is 132 Å². The number of halogens is 2. The molecule has 2 nitrogen and oxygen atoms in total. The standard InChI is InChI=1S/C17H17BrFNO/c18-17-13(4-2-6-16(17)19)11-21-15-5-1-3-12(9-15)10-20-14-7-8-14/h1-6,9,14,20H,7-8,10-11H2. The van der Waals surface area contributed by atoms with Gasteiger partial charge in [0.15, 0.2) is 0 Å². The zero-order chi connectivity index (χ0) is 14.7. The van der Waals surface area contributed by atoms with E-state index in [9.17, 15) is 4.39 Å². The topological polar surface area (TPSA) is 21.3 Å². The number of ether oxygens (including phenoxy) is 1. The van der Waals surface area contributed by atoms with Gasteiger partial charge in [0.1, 0.15) is 18.2 Å². The Morgan fingerprint density at radius 2 is 2.00 bits per heavy atom. The molecule has 21 heavy (non-hydrogen) atoms. The first-order valence-electron chi connectivity index (χ1n) is 7.10. The molecule has 1 aliphatic rings. The number of hydrogen-bond acceptors (Lipinski definition) is 2. The summed E-state index contributed by atoms with van der Waals surface area (Å²) in [6.07, 6.45) is 2.56. The van der Waals surface area contributed by atoms with Gasteiger partial charge in [-0.05, 0) is 52.5 Å². The summed E-state index contributed by atoms with van der Waals surface area (Å²) in [7, 11) is 0. The number of benzene rings is 2. The summed E-state index contributed by atoms with van der Waals surface area (Å²) < 4.78 is 19.7. The van der Waals surface area contributed by atoms with Gasteiger partial charge in [0.05, 0.1) is 4.47 Å². The van der Waals surface area contributed by atoms with Crippen molar-refractivity contribution in [2.24, 2.45) is 0 Å². The lowest BCUT2D eigenvalue weighted by atomic mass is 10.2. The molecule has 0 bridgehead atoms. The third-order valence-corrected chi connectivity index (χ3v) is 4.38. The monoisotopic (exact) mass is 349 g/mol. The van der Waals surface area contributed by atoms with Crippen molar-refractivity contribution in [3.8, 4) is 5.75 Å². The fraction of sp³-hybridized carbons (Fsp3) is 0.294. The van der Waals surface area contributed by atoms with Gasteiger partial charge in [0.25, 0.3) is 0 Å². The van der Waals surface area contributed by atoms with Gasteiger partial charge in [-0.2, -0.15) is 0 Å². The second-order valence-electron chi connectivity index (χ2n) is 5.30. The van der Waals surface area contributed by atoms with Crippen LogP contribution in [0.2, 0.25) is 0 Å². The minimum Gasteiger partial charge on any atom is -0.489 e. The fourth-order valence-corrected chi connectivity index (χ4v) is 2.49. The molecule has 0 amide bonds. The van der Waals surface area contributed by atoms with E-state index < -0.39 is 0 Å². The van der Waals surface area contributed by atoms with Crippen molar-refractivity contribution in [3.63, 3.8) is 0 Å². The normalized spacial score (nSPS) is 14.2. The fourth-order valence-electron chi connectivity index (χ4n) is 2.12. The first kappa shape index (κ1) is 14.5. The number of nitrogens with one attached hydrogen (secondary N) is 1. The third kappa shape index (κ3) is 4.05. The molecule has 1 aliphatic carbocycles. The summed E-state index contributed by atoms with van der Waals surface area (Å²) in [6.45, 7) is 1.21. The predicted molar refractivity (Wildman–Crippen MR) is 84.7 cm³/mol. The van der Waals surface area contributed by atoms with Gasteiger partial charge in [-0.1, -0.05) is 24.3 Å². The van der Waals surface area contributed by atoms with Gasteiger partial charge >= 0.3 is 0 Å². The quantitative estimate of drug-likeness (QED) is 0.833. The maximum atomic E-state index is 13.4. The van der Waals surface area contributed by atoms with Gasteiger partial charge in [-0.15, -0.1) is 0 Å². The highest BCUT2D eigenvalue weighted by Gasteiger charge is 2.19. The summed E-state index contributed by atoms with van der Waals surface area (Å²) >= 11 is 3.25. The number of rotatable bonds is 6. The molecule has 0 aromatic heterocycles. The Morgan fingerprint density at radius 1 is 1.19 bits per heavy atom. The van der Waals surface area contributed by atoms with Crippen molar-refractivity contribution in [2.75, 3.05) is 0 Å². The maximum absolute atomic E-state index is 13.4. The molecule has 1 N–H and O–H groups in total. The maximum Gasteiger partial charge on any atom is 0.137 e. The molecule has 1 saturated carbocycles. The van der Waals surface area contributed by atoms with Gasteiger partial charge in [-0.3, -0.25) is 0 Å². The van der Waals surface area contributed by atoms with Crippen LogP contribution in [0.15, 0.2) is 46.9 Å². The molecule has 110 valence electrons. The summed E-state index contributed by atoms with van der Waals surface area (Å²) in [5, 5.41) is 3.48. The average Bonchev–Trinajstić information content (AvgIpc) is 3.31. The van der Waals surface area contributed by atoms with E-state index in [1.807, 2.05) is 24.3 Å².